The highest BCUT2D eigenvalue weighted by molar-refractivity contribution is 7.17. The van der Waals surface area contributed by atoms with Gasteiger partial charge in [0.15, 0.2) is 11.5 Å². The Morgan fingerprint density at radius 2 is 1.83 bits per heavy atom. The number of carbonyl (C=O) groups excluding carboxylic acids is 1. The summed E-state index contributed by atoms with van der Waals surface area (Å²) in [5.41, 5.74) is 0.832. The lowest BCUT2D eigenvalue weighted by Gasteiger charge is -2.15. The zero-order valence-corrected chi connectivity index (χ0v) is 14.9. The number of amides is 1. The summed E-state index contributed by atoms with van der Waals surface area (Å²) in [6.07, 6.45) is 5.26. The Kier molecular flexibility index (Phi) is 5.72. The number of ether oxygens (including phenoxy) is 3. The Morgan fingerprint density at radius 1 is 1.12 bits per heavy atom. The Bertz CT molecular complexity index is 776. The standard InChI is InChI=1S/C18H19NO4S/c1-6-11-19(2)18(20)15-10-9-14(24-15)12-7-8-13(21-3)17(23-5)16(12)22-4/h1,7-10H,11H2,2-5H3. The summed E-state index contributed by atoms with van der Waals surface area (Å²) in [6, 6.07) is 7.35. The second-order valence-corrected chi connectivity index (χ2v) is 5.99. The molecule has 0 radical (unpaired) electrons. The molecule has 0 N–H and O–H groups in total. The van der Waals surface area contributed by atoms with Gasteiger partial charge >= 0.3 is 0 Å². The minimum atomic E-state index is -0.108. The summed E-state index contributed by atoms with van der Waals surface area (Å²) < 4.78 is 16.2. The molecule has 0 saturated heterocycles. The lowest BCUT2D eigenvalue weighted by atomic mass is 10.1. The van der Waals surface area contributed by atoms with E-state index in [0.29, 0.717) is 22.1 Å². The van der Waals surface area contributed by atoms with E-state index in [9.17, 15) is 4.79 Å². The van der Waals surface area contributed by atoms with Gasteiger partial charge in [-0.25, -0.2) is 0 Å². The van der Waals surface area contributed by atoms with Gasteiger partial charge in [-0.05, 0) is 24.3 Å². The van der Waals surface area contributed by atoms with E-state index >= 15 is 0 Å². The second-order valence-electron chi connectivity index (χ2n) is 4.91. The van der Waals surface area contributed by atoms with E-state index in [1.807, 2.05) is 18.2 Å². The topological polar surface area (TPSA) is 48.0 Å². The molecule has 0 saturated carbocycles. The van der Waals surface area contributed by atoms with Crippen LogP contribution in [0.1, 0.15) is 9.67 Å². The maximum atomic E-state index is 12.3. The molecule has 0 fully saturated rings. The maximum Gasteiger partial charge on any atom is 0.264 e. The van der Waals surface area contributed by atoms with E-state index < -0.39 is 0 Å². The van der Waals surface area contributed by atoms with Crippen LogP contribution in [0.2, 0.25) is 0 Å². The normalized spacial score (nSPS) is 9.96. The van der Waals surface area contributed by atoms with Crippen LogP contribution in [-0.4, -0.2) is 45.7 Å². The highest BCUT2D eigenvalue weighted by atomic mass is 32.1. The molecule has 2 rings (SSSR count). The molecule has 0 spiro atoms. The summed E-state index contributed by atoms with van der Waals surface area (Å²) in [5.74, 6) is 4.02. The number of rotatable bonds is 6. The Balaban J connectivity index is 2.44. The fraction of sp³-hybridized carbons (Fsp3) is 0.278. The Hall–Kier alpha value is -2.65. The van der Waals surface area contributed by atoms with Gasteiger partial charge in [0.05, 0.1) is 32.8 Å². The molecular formula is C18H19NO4S. The van der Waals surface area contributed by atoms with Gasteiger partial charge in [-0.2, -0.15) is 0 Å². The molecule has 5 nitrogen and oxygen atoms in total. The van der Waals surface area contributed by atoms with Crippen molar-refractivity contribution < 1.29 is 19.0 Å². The number of terminal acetylenes is 1. The summed E-state index contributed by atoms with van der Waals surface area (Å²) in [6.45, 7) is 0.270. The monoisotopic (exact) mass is 345 g/mol. The van der Waals surface area contributed by atoms with Gasteiger partial charge in [0.2, 0.25) is 5.75 Å². The molecule has 126 valence electrons. The van der Waals surface area contributed by atoms with Gasteiger partial charge in [-0.1, -0.05) is 5.92 Å². The SMILES string of the molecule is C#CCN(C)C(=O)c1ccc(-c2ccc(OC)c(OC)c2OC)s1. The van der Waals surface area contributed by atoms with Crippen molar-refractivity contribution in [3.63, 3.8) is 0 Å². The third kappa shape index (κ3) is 3.31. The summed E-state index contributed by atoms with van der Waals surface area (Å²) in [5, 5.41) is 0. The molecule has 1 amide bonds. The third-order valence-corrected chi connectivity index (χ3v) is 4.57. The van der Waals surface area contributed by atoms with Crippen LogP contribution in [-0.2, 0) is 0 Å². The zero-order valence-electron chi connectivity index (χ0n) is 14.1. The molecule has 0 bridgehead atoms. The summed E-state index contributed by atoms with van der Waals surface area (Å²) in [4.78, 5) is 15.3. The van der Waals surface area contributed by atoms with Gasteiger partial charge < -0.3 is 19.1 Å². The minimum absolute atomic E-state index is 0.108. The molecule has 1 heterocycles. The highest BCUT2D eigenvalue weighted by Crippen LogP contribution is 2.45. The molecule has 6 heteroatoms. The second kappa shape index (κ2) is 7.75. The minimum Gasteiger partial charge on any atom is -0.493 e. The number of thiophene rings is 1. The first-order chi connectivity index (χ1) is 11.6. The quantitative estimate of drug-likeness (QED) is 0.755. The Morgan fingerprint density at radius 3 is 2.42 bits per heavy atom. The smallest absolute Gasteiger partial charge is 0.264 e. The van der Waals surface area contributed by atoms with Gasteiger partial charge in [-0.3, -0.25) is 4.79 Å². The number of hydrogen-bond acceptors (Lipinski definition) is 5. The molecule has 0 aliphatic carbocycles. The van der Waals surface area contributed by atoms with Crippen molar-refractivity contribution in [1.29, 1.82) is 0 Å². The third-order valence-electron chi connectivity index (χ3n) is 3.46. The van der Waals surface area contributed by atoms with Gasteiger partial charge in [0.1, 0.15) is 0 Å². The molecule has 2 aromatic rings. The number of hydrogen-bond donors (Lipinski definition) is 0. The fourth-order valence-electron chi connectivity index (χ4n) is 2.29. The molecular weight excluding hydrogens is 326 g/mol. The van der Waals surface area contributed by atoms with Crippen LogP contribution in [0.15, 0.2) is 24.3 Å². The van der Waals surface area contributed by atoms with Crippen LogP contribution in [0.25, 0.3) is 10.4 Å². The van der Waals surface area contributed by atoms with Crippen molar-refractivity contribution in [1.82, 2.24) is 4.90 Å². The van der Waals surface area contributed by atoms with E-state index in [-0.39, 0.29) is 12.5 Å². The average molecular weight is 345 g/mol. The van der Waals surface area contributed by atoms with E-state index in [1.165, 1.54) is 16.2 Å². The highest BCUT2D eigenvalue weighted by Gasteiger charge is 2.20. The fourth-order valence-corrected chi connectivity index (χ4v) is 3.31. The van der Waals surface area contributed by atoms with Crippen molar-refractivity contribution in [2.45, 2.75) is 0 Å². The first-order valence-corrected chi connectivity index (χ1v) is 7.97. The molecule has 1 aromatic heterocycles. The van der Waals surface area contributed by atoms with E-state index in [2.05, 4.69) is 5.92 Å². The van der Waals surface area contributed by atoms with Crippen molar-refractivity contribution >= 4 is 17.2 Å². The van der Waals surface area contributed by atoms with Crippen LogP contribution < -0.4 is 14.2 Å². The van der Waals surface area contributed by atoms with E-state index in [1.54, 1.807) is 34.4 Å². The van der Waals surface area contributed by atoms with Crippen molar-refractivity contribution in [2.75, 3.05) is 34.9 Å². The van der Waals surface area contributed by atoms with Crippen molar-refractivity contribution in [3.8, 4) is 40.0 Å². The molecule has 0 unspecified atom stereocenters. The van der Waals surface area contributed by atoms with Crippen LogP contribution in [0.3, 0.4) is 0 Å². The van der Waals surface area contributed by atoms with Gasteiger partial charge in [0, 0.05) is 17.5 Å². The Labute approximate surface area is 145 Å². The lowest BCUT2D eigenvalue weighted by Crippen LogP contribution is -2.26. The summed E-state index contributed by atoms with van der Waals surface area (Å²) in [7, 11) is 6.38. The predicted octanol–water partition coefficient (Wildman–Crippen LogP) is 3.15. The van der Waals surface area contributed by atoms with Crippen molar-refractivity contribution in [3.05, 3.63) is 29.1 Å². The largest absolute Gasteiger partial charge is 0.493 e. The lowest BCUT2D eigenvalue weighted by molar-refractivity contribution is 0.0817. The summed E-state index contributed by atoms with van der Waals surface area (Å²) >= 11 is 1.37. The van der Waals surface area contributed by atoms with Crippen molar-refractivity contribution in [2.24, 2.45) is 0 Å². The number of nitrogens with zero attached hydrogens (tertiary/aromatic N) is 1. The van der Waals surface area contributed by atoms with Crippen LogP contribution >= 0.6 is 11.3 Å². The average Bonchev–Trinajstić information content (AvgIpc) is 3.09. The first kappa shape index (κ1) is 17.7. The molecule has 1 aromatic carbocycles. The first-order valence-electron chi connectivity index (χ1n) is 7.15. The molecule has 24 heavy (non-hydrogen) atoms. The molecule has 0 atom stereocenters. The van der Waals surface area contributed by atoms with Crippen LogP contribution in [0.4, 0.5) is 0 Å². The van der Waals surface area contributed by atoms with Crippen LogP contribution in [0.5, 0.6) is 17.2 Å². The maximum absolute atomic E-state index is 12.3. The van der Waals surface area contributed by atoms with E-state index in [4.69, 9.17) is 20.6 Å². The zero-order chi connectivity index (χ0) is 17.7. The van der Waals surface area contributed by atoms with Crippen LogP contribution in [0, 0.1) is 12.3 Å². The van der Waals surface area contributed by atoms with Gasteiger partial charge in [0.25, 0.3) is 5.91 Å². The number of methoxy groups -OCH3 is 3. The number of benzene rings is 1. The van der Waals surface area contributed by atoms with E-state index in [0.717, 1.165) is 10.4 Å². The number of carbonyl (C=O) groups is 1. The predicted molar refractivity (Wildman–Crippen MR) is 95.2 cm³/mol. The molecule has 0 aliphatic rings. The molecule has 0 aliphatic heterocycles. The van der Waals surface area contributed by atoms with Gasteiger partial charge in [-0.15, -0.1) is 17.8 Å².